The van der Waals surface area contributed by atoms with Crippen molar-refractivity contribution < 1.29 is 9.59 Å². The highest BCUT2D eigenvalue weighted by Gasteiger charge is 2.22. The second-order valence-electron chi connectivity index (χ2n) is 4.34. The largest absolute Gasteiger partial charge is 0.381 e. The Morgan fingerprint density at radius 3 is 2.79 bits per heavy atom. The maximum atomic E-state index is 11.9. The number of para-hydroxylation sites is 2. The Kier molecular flexibility index (Phi) is 4.22. The molecule has 4 N–H and O–H groups in total. The molecule has 0 aromatic heterocycles. The van der Waals surface area contributed by atoms with Crippen LogP contribution in [0.1, 0.15) is 6.42 Å². The van der Waals surface area contributed by atoms with Crippen molar-refractivity contribution in [1.29, 1.82) is 0 Å². The van der Waals surface area contributed by atoms with Gasteiger partial charge < -0.3 is 21.3 Å². The molecular weight excluding hydrogens is 244 g/mol. The molecule has 19 heavy (non-hydrogen) atoms. The first-order valence-corrected chi connectivity index (χ1v) is 6.28. The summed E-state index contributed by atoms with van der Waals surface area (Å²) in [4.78, 5) is 23.0. The van der Waals surface area contributed by atoms with Crippen molar-refractivity contribution in [3.05, 3.63) is 24.3 Å². The molecule has 0 fully saturated rings. The van der Waals surface area contributed by atoms with Gasteiger partial charge in [-0.3, -0.25) is 9.59 Å². The number of hydrogen-bond donors (Lipinski definition) is 4. The Morgan fingerprint density at radius 1 is 1.32 bits per heavy atom. The van der Waals surface area contributed by atoms with Gasteiger partial charge in [0.05, 0.1) is 11.4 Å². The van der Waals surface area contributed by atoms with E-state index in [1.165, 1.54) is 0 Å². The van der Waals surface area contributed by atoms with Crippen molar-refractivity contribution >= 4 is 23.2 Å². The maximum Gasteiger partial charge on any atom is 0.244 e. The van der Waals surface area contributed by atoms with Crippen LogP contribution < -0.4 is 21.3 Å². The molecule has 0 saturated carbocycles. The lowest BCUT2D eigenvalue weighted by Crippen LogP contribution is -2.46. The fraction of sp³-hybridized carbons (Fsp3) is 0.385. The van der Waals surface area contributed by atoms with E-state index in [-0.39, 0.29) is 17.9 Å². The van der Waals surface area contributed by atoms with Crippen LogP contribution in [0.4, 0.5) is 11.4 Å². The fourth-order valence-electron chi connectivity index (χ4n) is 1.92. The molecule has 1 aromatic rings. The molecule has 6 heteroatoms. The van der Waals surface area contributed by atoms with E-state index >= 15 is 0 Å². The monoisotopic (exact) mass is 262 g/mol. The van der Waals surface area contributed by atoms with Crippen LogP contribution >= 0.6 is 0 Å². The van der Waals surface area contributed by atoms with Crippen LogP contribution in [0, 0.1) is 0 Å². The minimum Gasteiger partial charge on any atom is -0.381 e. The lowest BCUT2D eigenvalue weighted by molar-refractivity contribution is -0.122. The summed E-state index contributed by atoms with van der Waals surface area (Å²) < 4.78 is 0. The number of carbonyl (C=O) groups excluding carboxylic acids is 2. The van der Waals surface area contributed by atoms with Crippen LogP contribution in [-0.2, 0) is 9.59 Å². The van der Waals surface area contributed by atoms with Gasteiger partial charge in [0.2, 0.25) is 11.8 Å². The van der Waals surface area contributed by atoms with Gasteiger partial charge in [-0.1, -0.05) is 12.1 Å². The Labute approximate surface area is 112 Å². The smallest absolute Gasteiger partial charge is 0.244 e. The van der Waals surface area contributed by atoms with Gasteiger partial charge in [-0.25, -0.2) is 0 Å². The van der Waals surface area contributed by atoms with Crippen molar-refractivity contribution in [2.24, 2.45) is 0 Å². The average Bonchev–Trinajstić information content (AvgIpc) is 2.46. The normalized spacial score (nSPS) is 16.6. The maximum absolute atomic E-state index is 11.9. The predicted molar refractivity (Wildman–Crippen MR) is 74.0 cm³/mol. The van der Waals surface area contributed by atoms with Gasteiger partial charge in [0, 0.05) is 26.6 Å². The molecule has 1 atom stereocenters. The molecule has 0 bridgehead atoms. The second kappa shape index (κ2) is 6.08. The number of anilines is 2. The third kappa shape index (κ3) is 3.37. The molecule has 1 heterocycles. The van der Waals surface area contributed by atoms with Gasteiger partial charge in [-0.2, -0.15) is 0 Å². The summed E-state index contributed by atoms with van der Waals surface area (Å²) in [7, 11) is 1.58. The number of benzene rings is 1. The Morgan fingerprint density at radius 2 is 2.05 bits per heavy atom. The van der Waals surface area contributed by atoms with E-state index in [9.17, 15) is 9.59 Å². The van der Waals surface area contributed by atoms with Crippen LogP contribution in [0.5, 0.6) is 0 Å². The SMILES string of the molecule is CNC(=O)CCNC(=O)C1CNc2ccccc2N1. The van der Waals surface area contributed by atoms with E-state index in [4.69, 9.17) is 0 Å². The van der Waals surface area contributed by atoms with E-state index in [0.717, 1.165) is 11.4 Å². The minimum absolute atomic E-state index is 0.0830. The predicted octanol–water partition coefficient (Wildman–Crippen LogP) is 0.145. The first kappa shape index (κ1) is 13.2. The summed E-state index contributed by atoms with van der Waals surface area (Å²) in [5, 5.41) is 11.6. The zero-order valence-electron chi connectivity index (χ0n) is 10.8. The van der Waals surface area contributed by atoms with E-state index in [2.05, 4.69) is 21.3 Å². The lowest BCUT2D eigenvalue weighted by Gasteiger charge is -2.27. The summed E-state index contributed by atoms with van der Waals surface area (Å²) in [5.74, 6) is -0.189. The van der Waals surface area contributed by atoms with Gasteiger partial charge >= 0.3 is 0 Å². The molecule has 0 radical (unpaired) electrons. The highest BCUT2D eigenvalue weighted by molar-refractivity contribution is 5.89. The molecule has 1 aliphatic heterocycles. The fourth-order valence-corrected chi connectivity index (χ4v) is 1.92. The summed E-state index contributed by atoms with van der Waals surface area (Å²) in [6, 6.07) is 7.42. The molecule has 2 rings (SSSR count). The van der Waals surface area contributed by atoms with Crippen molar-refractivity contribution in [3.8, 4) is 0 Å². The quantitative estimate of drug-likeness (QED) is 0.622. The van der Waals surface area contributed by atoms with Crippen LogP contribution in [0.25, 0.3) is 0 Å². The Hall–Kier alpha value is -2.24. The average molecular weight is 262 g/mol. The van der Waals surface area contributed by atoms with Crippen molar-refractivity contribution in [2.45, 2.75) is 12.5 Å². The highest BCUT2D eigenvalue weighted by Crippen LogP contribution is 2.24. The Bertz CT molecular complexity index is 475. The number of hydrogen-bond acceptors (Lipinski definition) is 4. The first-order chi connectivity index (χ1) is 9.20. The molecule has 6 nitrogen and oxygen atoms in total. The summed E-state index contributed by atoms with van der Waals surface area (Å²) in [6.45, 7) is 0.876. The van der Waals surface area contributed by atoms with Gasteiger partial charge in [-0.05, 0) is 12.1 Å². The zero-order valence-corrected chi connectivity index (χ0v) is 10.8. The van der Waals surface area contributed by atoms with Crippen LogP contribution in [-0.4, -0.2) is 38.0 Å². The third-order valence-electron chi connectivity index (χ3n) is 3.00. The lowest BCUT2D eigenvalue weighted by atomic mass is 10.1. The summed E-state index contributed by atoms with van der Waals surface area (Å²) in [5.41, 5.74) is 1.91. The number of rotatable bonds is 4. The summed E-state index contributed by atoms with van der Waals surface area (Å²) >= 11 is 0. The van der Waals surface area contributed by atoms with Crippen molar-refractivity contribution in [2.75, 3.05) is 30.8 Å². The van der Waals surface area contributed by atoms with Crippen LogP contribution in [0.2, 0.25) is 0 Å². The van der Waals surface area contributed by atoms with Gasteiger partial charge in [-0.15, -0.1) is 0 Å². The minimum atomic E-state index is -0.320. The number of nitrogens with one attached hydrogen (secondary N) is 4. The molecule has 2 amide bonds. The van der Waals surface area contributed by atoms with E-state index in [1.807, 2.05) is 24.3 Å². The molecule has 1 aromatic carbocycles. The van der Waals surface area contributed by atoms with Crippen LogP contribution in [0.15, 0.2) is 24.3 Å². The van der Waals surface area contributed by atoms with Gasteiger partial charge in [0.25, 0.3) is 0 Å². The second-order valence-corrected chi connectivity index (χ2v) is 4.34. The summed E-state index contributed by atoms with van der Waals surface area (Å²) in [6.07, 6.45) is 0.291. The zero-order chi connectivity index (χ0) is 13.7. The molecule has 102 valence electrons. The number of carbonyl (C=O) groups is 2. The molecular formula is C13H18N4O2. The number of fused-ring (bicyclic) bond motifs is 1. The van der Waals surface area contributed by atoms with Gasteiger partial charge in [0.1, 0.15) is 6.04 Å². The van der Waals surface area contributed by atoms with E-state index in [1.54, 1.807) is 7.05 Å². The molecule has 0 saturated heterocycles. The number of amides is 2. The molecule has 0 spiro atoms. The van der Waals surface area contributed by atoms with E-state index < -0.39 is 0 Å². The van der Waals surface area contributed by atoms with Crippen molar-refractivity contribution in [1.82, 2.24) is 10.6 Å². The highest BCUT2D eigenvalue weighted by atomic mass is 16.2. The Balaban J connectivity index is 1.83. The van der Waals surface area contributed by atoms with E-state index in [0.29, 0.717) is 19.5 Å². The van der Waals surface area contributed by atoms with Crippen LogP contribution in [0.3, 0.4) is 0 Å². The first-order valence-electron chi connectivity index (χ1n) is 6.28. The molecule has 1 unspecified atom stereocenters. The molecule has 1 aliphatic rings. The van der Waals surface area contributed by atoms with Gasteiger partial charge in [0.15, 0.2) is 0 Å². The standard InChI is InChI=1S/C13H18N4O2/c1-14-12(18)6-7-15-13(19)11-8-16-9-4-2-3-5-10(9)17-11/h2-5,11,16-17H,6-8H2,1H3,(H,14,18)(H,15,19). The molecule has 0 aliphatic carbocycles. The third-order valence-corrected chi connectivity index (χ3v) is 3.00. The van der Waals surface area contributed by atoms with Crippen molar-refractivity contribution in [3.63, 3.8) is 0 Å². The topological polar surface area (TPSA) is 82.3 Å².